The molecule has 96 valence electrons. The van der Waals surface area contributed by atoms with Crippen LogP contribution in [-0.4, -0.2) is 11.7 Å². The average molecular weight is 236 g/mol. The maximum Gasteiger partial charge on any atom is 0.119 e. The van der Waals surface area contributed by atoms with Gasteiger partial charge in [-0.15, -0.1) is 0 Å². The van der Waals surface area contributed by atoms with Crippen LogP contribution < -0.4 is 4.74 Å². The number of hydrogen-bond donors (Lipinski definition) is 1. The van der Waals surface area contributed by atoms with E-state index in [0.717, 1.165) is 30.3 Å². The quantitative estimate of drug-likeness (QED) is 0.744. The minimum Gasteiger partial charge on any atom is -0.494 e. The zero-order chi connectivity index (χ0) is 12.5. The van der Waals surface area contributed by atoms with Gasteiger partial charge in [-0.05, 0) is 30.0 Å². The van der Waals surface area contributed by atoms with Gasteiger partial charge >= 0.3 is 0 Å². The molecule has 0 aromatic heterocycles. The summed E-state index contributed by atoms with van der Waals surface area (Å²) < 4.78 is 5.72. The molecule has 1 unspecified atom stereocenters. The Labute approximate surface area is 105 Å². The molecule has 0 bridgehead atoms. The Bertz CT molecular complexity index is 310. The highest BCUT2D eigenvalue weighted by Crippen LogP contribution is 2.17. The van der Waals surface area contributed by atoms with Crippen molar-refractivity contribution in [2.24, 2.45) is 5.92 Å². The van der Waals surface area contributed by atoms with E-state index < -0.39 is 0 Å². The molecule has 0 saturated carbocycles. The first kappa shape index (κ1) is 14.0. The van der Waals surface area contributed by atoms with Gasteiger partial charge in [-0.2, -0.15) is 0 Å². The van der Waals surface area contributed by atoms with Crippen LogP contribution in [0.4, 0.5) is 0 Å². The molecule has 0 heterocycles. The van der Waals surface area contributed by atoms with E-state index in [1.165, 1.54) is 19.3 Å². The molecule has 0 aliphatic rings. The van der Waals surface area contributed by atoms with Crippen LogP contribution in [0, 0.1) is 5.92 Å². The topological polar surface area (TPSA) is 29.5 Å². The molecule has 0 saturated heterocycles. The predicted octanol–water partition coefficient (Wildman–Crippen LogP) is 3.77. The van der Waals surface area contributed by atoms with Crippen molar-refractivity contribution in [3.8, 4) is 5.75 Å². The van der Waals surface area contributed by atoms with Crippen molar-refractivity contribution in [3.63, 3.8) is 0 Å². The van der Waals surface area contributed by atoms with Crippen LogP contribution >= 0.6 is 0 Å². The highest BCUT2D eigenvalue weighted by molar-refractivity contribution is 5.27. The third-order valence-electron chi connectivity index (χ3n) is 3.15. The largest absolute Gasteiger partial charge is 0.494 e. The maximum atomic E-state index is 9.03. The van der Waals surface area contributed by atoms with Gasteiger partial charge in [0.15, 0.2) is 0 Å². The fraction of sp³-hybridized carbons (Fsp3) is 0.600. The first-order valence-corrected chi connectivity index (χ1v) is 6.62. The lowest BCUT2D eigenvalue weighted by Gasteiger charge is -2.14. The van der Waals surface area contributed by atoms with Gasteiger partial charge < -0.3 is 9.84 Å². The van der Waals surface area contributed by atoms with Crippen molar-refractivity contribution >= 4 is 0 Å². The Hall–Kier alpha value is -1.02. The Morgan fingerprint density at radius 3 is 2.71 bits per heavy atom. The lowest BCUT2D eigenvalue weighted by atomic mass is 9.98. The molecular weight excluding hydrogens is 212 g/mol. The molecule has 2 heteroatoms. The molecular formula is C15H24O2. The molecule has 0 aliphatic heterocycles. The predicted molar refractivity (Wildman–Crippen MR) is 71.2 cm³/mol. The third-order valence-corrected chi connectivity index (χ3v) is 3.15. The summed E-state index contributed by atoms with van der Waals surface area (Å²) in [6, 6.07) is 7.67. The highest BCUT2D eigenvalue weighted by atomic mass is 16.5. The first-order valence-electron chi connectivity index (χ1n) is 6.62. The minimum absolute atomic E-state index is 0.0740. The number of aliphatic hydroxyl groups excluding tert-OH is 1. The summed E-state index contributed by atoms with van der Waals surface area (Å²) in [5, 5.41) is 9.03. The van der Waals surface area contributed by atoms with Crippen LogP contribution in [0.3, 0.4) is 0 Å². The van der Waals surface area contributed by atoms with Gasteiger partial charge in [0.25, 0.3) is 0 Å². The maximum absolute atomic E-state index is 9.03. The molecule has 2 nitrogen and oxygen atoms in total. The van der Waals surface area contributed by atoms with E-state index >= 15 is 0 Å². The molecule has 1 rings (SSSR count). The molecule has 1 aromatic rings. The average Bonchev–Trinajstić information content (AvgIpc) is 2.38. The normalized spacial score (nSPS) is 12.4. The van der Waals surface area contributed by atoms with Crippen molar-refractivity contribution in [3.05, 3.63) is 29.8 Å². The van der Waals surface area contributed by atoms with Crippen LogP contribution in [-0.2, 0) is 6.61 Å². The lowest BCUT2D eigenvalue weighted by Crippen LogP contribution is -2.06. The second kappa shape index (κ2) is 8.13. The zero-order valence-corrected chi connectivity index (χ0v) is 11.0. The van der Waals surface area contributed by atoms with Gasteiger partial charge in [0.05, 0.1) is 13.2 Å². The smallest absolute Gasteiger partial charge is 0.119 e. The fourth-order valence-electron chi connectivity index (χ4n) is 2.04. The van der Waals surface area contributed by atoms with Crippen molar-refractivity contribution in [1.82, 2.24) is 0 Å². The summed E-state index contributed by atoms with van der Waals surface area (Å²) in [7, 11) is 0. The van der Waals surface area contributed by atoms with Gasteiger partial charge in [-0.25, -0.2) is 0 Å². The van der Waals surface area contributed by atoms with Crippen molar-refractivity contribution in [1.29, 1.82) is 0 Å². The standard InChI is InChI=1S/C15H24O2/c1-3-6-13(4-2)9-10-17-15-8-5-7-14(11-15)12-16/h5,7-8,11,13,16H,3-4,6,9-10,12H2,1-2H3. The van der Waals surface area contributed by atoms with Gasteiger partial charge in [0.1, 0.15) is 5.75 Å². The van der Waals surface area contributed by atoms with Crippen LogP contribution in [0.2, 0.25) is 0 Å². The molecule has 0 spiro atoms. The lowest BCUT2D eigenvalue weighted by molar-refractivity contribution is 0.264. The summed E-state index contributed by atoms with van der Waals surface area (Å²) in [4.78, 5) is 0. The second-order valence-electron chi connectivity index (χ2n) is 4.51. The zero-order valence-electron chi connectivity index (χ0n) is 11.0. The Morgan fingerprint density at radius 2 is 2.06 bits per heavy atom. The summed E-state index contributed by atoms with van der Waals surface area (Å²) in [6.45, 7) is 5.32. The molecule has 0 radical (unpaired) electrons. The Balaban J connectivity index is 2.34. The van der Waals surface area contributed by atoms with Gasteiger partial charge in [-0.1, -0.05) is 45.2 Å². The number of rotatable bonds is 8. The molecule has 0 fully saturated rings. The number of ether oxygens (including phenoxy) is 1. The molecule has 1 N–H and O–H groups in total. The van der Waals surface area contributed by atoms with E-state index in [0.29, 0.717) is 0 Å². The van der Waals surface area contributed by atoms with Crippen LogP contribution in [0.5, 0.6) is 5.75 Å². The highest BCUT2D eigenvalue weighted by Gasteiger charge is 2.05. The molecule has 17 heavy (non-hydrogen) atoms. The molecule has 1 aromatic carbocycles. The van der Waals surface area contributed by atoms with Gasteiger partial charge in [0.2, 0.25) is 0 Å². The molecule has 1 atom stereocenters. The second-order valence-corrected chi connectivity index (χ2v) is 4.51. The van der Waals surface area contributed by atoms with E-state index in [4.69, 9.17) is 9.84 Å². The van der Waals surface area contributed by atoms with Crippen LogP contribution in [0.15, 0.2) is 24.3 Å². The van der Waals surface area contributed by atoms with E-state index in [9.17, 15) is 0 Å². The number of benzene rings is 1. The van der Waals surface area contributed by atoms with E-state index in [2.05, 4.69) is 13.8 Å². The van der Waals surface area contributed by atoms with Gasteiger partial charge in [-0.3, -0.25) is 0 Å². The summed E-state index contributed by atoms with van der Waals surface area (Å²) in [5.74, 6) is 1.64. The monoisotopic (exact) mass is 236 g/mol. The Kier molecular flexibility index (Phi) is 6.71. The van der Waals surface area contributed by atoms with E-state index in [-0.39, 0.29) is 6.61 Å². The first-order chi connectivity index (χ1) is 8.30. The Morgan fingerprint density at radius 1 is 1.24 bits per heavy atom. The third kappa shape index (κ3) is 5.22. The van der Waals surface area contributed by atoms with Crippen LogP contribution in [0.25, 0.3) is 0 Å². The SMILES string of the molecule is CCCC(CC)CCOc1cccc(CO)c1. The number of aliphatic hydroxyl groups is 1. The molecule has 0 aliphatic carbocycles. The summed E-state index contributed by atoms with van der Waals surface area (Å²) >= 11 is 0. The molecule has 0 amide bonds. The minimum atomic E-state index is 0.0740. The van der Waals surface area contributed by atoms with Crippen molar-refractivity contribution in [2.45, 2.75) is 46.1 Å². The van der Waals surface area contributed by atoms with Crippen LogP contribution in [0.1, 0.15) is 45.1 Å². The summed E-state index contributed by atoms with van der Waals surface area (Å²) in [5.41, 5.74) is 0.906. The van der Waals surface area contributed by atoms with E-state index in [1.807, 2.05) is 24.3 Å². The van der Waals surface area contributed by atoms with Crippen molar-refractivity contribution in [2.75, 3.05) is 6.61 Å². The van der Waals surface area contributed by atoms with Gasteiger partial charge in [0, 0.05) is 0 Å². The number of hydrogen-bond acceptors (Lipinski definition) is 2. The fourth-order valence-corrected chi connectivity index (χ4v) is 2.04. The summed E-state index contributed by atoms with van der Waals surface area (Å²) in [6.07, 6.45) is 4.89. The van der Waals surface area contributed by atoms with E-state index in [1.54, 1.807) is 0 Å². The van der Waals surface area contributed by atoms with Crippen molar-refractivity contribution < 1.29 is 9.84 Å².